The predicted octanol–water partition coefficient (Wildman–Crippen LogP) is 2.23. The highest BCUT2D eigenvalue weighted by molar-refractivity contribution is 5.94. The third kappa shape index (κ3) is 7.32. The number of halogens is 1. The Morgan fingerprint density at radius 2 is 1.67 bits per heavy atom. The zero-order chi connectivity index (χ0) is 21.9. The summed E-state index contributed by atoms with van der Waals surface area (Å²) < 4.78 is 18.4. The van der Waals surface area contributed by atoms with Crippen molar-refractivity contribution in [1.29, 1.82) is 0 Å². The van der Waals surface area contributed by atoms with E-state index in [1.807, 2.05) is 13.8 Å². The highest BCUT2D eigenvalue weighted by Crippen LogP contribution is 2.10. The largest absolute Gasteiger partial charge is 0.454 e. The summed E-state index contributed by atoms with van der Waals surface area (Å²) in [6, 6.07) is 8.47. The molecule has 3 N–H and O–H groups in total. The van der Waals surface area contributed by atoms with Crippen LogP contribution in [0.15, 0.2) is 40.8 Å². The molecule has 0 aliphatic heterocycles. The first kappa shape index (κ1) is 23.1. The average molecular weight is 418 g/mol. The molecular weight excluding hydrogens is 391 g/mol. The molecule has 8 nitrogen and oxygen atoms in total. The van der Waals surface area contributed by atoms with Gasteiger partial charge in [-0.15, -0.1) is 0 Å². The van der Waals surface area contributed by atoms with E-state index >= 15 is 0 Å². The molecule has 2 aromatic rings. The van der Waals surface area contributed by atoms with Gasteiger partial charge in [-0.05, 0) is 55.9 Å². The Kier molecular flexibility index (Phi) is 9.02. The summed E-state index contributed by atoms with van der Waals surface area (Å²) in [4.78, 5) is 37.9. The molecule has 9 heteroatoms. The SMILES string of the molecule is CCN(CC)Cc1ccc(C(=O)NNC(=O)CCCNC(=O)c2ccc(F)cc2)o1. The summed E-state index contributed by atoms with van der Waals surface area (Å²) in [6.07, 6.45) is 0.485. The quantitative estimate of drug-likeness (QED) is 0.406. The topological polar surface area (TPSA) is 104 Å². The van der Waals surface area contributed by atoms with E-state index in [9.17, 15) is 18.8 Å². The number of nitrogens with zero attached hydrogens (tertiary/aromatic N) is 1. The van der Waals surface area contributed by atoms with E-state index in [2.05, 4.69) is 21.1 Å². The summed E-state index contributed by atoms with van der Waals surface area (Å²) >= 11 is 0. The van der Waals surface area contributed by atoms with Crippen LogP contribution in [0.25, 0.3) is 0 Å². The van der Waals surface area contributed by atoms with Gasteiger partial charge in [-0.25, -0.2) is 4.39 Å². The van der Waals surface area contributed by atoms with Gasteiger partial charge in [0.15, 0.2) is 5.76 Å². The third-order valence-electron chi connectivity index (χ3n) is 4.45. The maximum absolute atomic E-state index is 12.9. The summed E-state index contributed by atoms with van der Waals surface area (Å²) in [5.74, 6) is -0.911. The molecule has 0 fully saturated rings. The number of hydrogen-bond acceptors (Lipinski definition) is 5. The van der Waals surface area contributed by atoms with E-state index in [1.165, 1.54) is 24.3 Å². The van der Waals surface area contributed by atoms with E-state index in [0.717, 1.165) is 13.1 Å². The van der Waals surface area contributed by atoms with Crippen molar-refractivity contribution in [3.8, 4) is 0 Å². The highest BCUT2D eigenvalue weighted by atomic mass is 19.1. The minimum absolute atomic E-state index is 0.106. The maximum atomic E-state index is 12.9. The molecule has 3 amide bonds. The first-order valence-electron chi connectivity index (χ1n) is 9.87. The third-order valence-corrected chi connectivity index (χ3v) is 4.45. The molecule has 0 spiro atoms. The van der Waals surface area contributed by atoms with Crippen molar-refractivity contribution in [2.24, 2.45) is 0 Å². The van der Waals surface area contributed by atoms with Gasteiger partial charge in [0.25, 0.3) is 5.91 Å². The van der Waals surface area contributed by atoms with Gasteiger partial charge in [0.1, 0.15) is 11.6 Å². The Hall–Kier alpha value is -3.20. The van der Waals surface area contributed by atoms with E-state index in [1.54, 1.807) is 12.1 Å². The van der Waals surface area contributed by atoms with Crippen LogP contribution in [-0.4, -0.2) is 42.3 Å². The molecule has 0 saturated carbocycles. The van der Waals surface area contributed by atoms with Crippen molar-refractivity contribution >= 4 is 17.7 Å². The number of carbonyl (C=O) groups excluding carboxylic acids is 3. The Morgan fingerprint density at radius 1 is 0.967 bits per heavy atom. The van der Waals surface area contributed by atoms with Crippen LogP contribution in [0.5, 0.6) is 0 Å². The Balaban J connectivity index is 1.65. The Morgan fingerprint density at radius 3 is 2.33 bits per heavy atom. The second-order valence-electron chi connectivity index (χ2n) is 6.60. The number of nitrogens with one attached hydrogen (secondary N) is 3. The number of hydrogen-bond donors (Lipinski definition) is 3. The zero-order valence-electron chi connectivity index (χ0n) is 17.2. The van der Waals surface area contributed by atoms with Crippen molar-refractivity contribution in [3.63, 3.8) is 0 Å². The molecule has 1 heterocycles. The summed E-state index contributed by atoms with van der Waals surface area (Å²) in [6.45, 7) is 6.71. The second-order valence-corrected chi connectivity index (χ2v) is 6.60. The molecular formula is C21H27FN4O4. The molecule has 2 rings (SSSR count). The summed E-state index contributed by atoms with van der Waals surface area (Å²) in [5.41, 5.74) is 4.96. The minimum Gasteiger partial charge on any atom is -0.454 e. The minimum atomic E-state index is -0.543. The molecule has 30 heavy (non-hydrogen) atoms. The lowest BCUT2D eigenvalue weighted by atomic mass is 10.2. The summed E-state index contributed by atoms with van der Waals surface area (Å²) in [5, 5.41) is 2.64. The number of amides is 3. The number of hydrazine groups is 1. The predicted molar refractivity (Wildman–Crippen MR) is 109 cm³/mol. The fraction of sp³-hybridized carbons (Fsp3) is 0.381. The standard InChI is InChI=1S/C21H27FN4O4/c1-3-26(4-2)14-17-11-12-18(30-17)21(29)25-24-19(27)6-5-13-23-20(28)15-7-9-16(22)10-8-15/h7-12H,3-6,13-14H2,1-2H3,(H,23,28)(H,24,27)(H,25,29). The van der Waals surface area contributed by atoms with Crippen molar-refractivity contribution < 1.29 is 23.2 Å². The molecule has 0 bridgehead atoms. The van der Waals surface area contributed by atoms with Gasteiger partial charge in [-0.1, -0.05) is 13.8 Å². The first-order valence-corrected chi connectivity index (χ1v) is 9.87. The van der Waals surface area contributed by atoms with Crippen molar-refractivity contribution in [1.82, 2.24) is 21.1 Å². The second kappa shape index (κ2) is 11.7. The first-order chi connectivity index (χ1) is 14.4. The van der Waals surface area contributed by atoms with Gasteiger partial charge in [-0.2, -0.15) is 0 Å². The van der Waals surface area contributed by atoms with Crippen LogP contribution >= 0.6 is 0 Å². The number of benzene rings is 1. The number of furan rings is 1. The molecule has 0 saturated heterocycles. The van der Waals surface area contributed by atoms with Crippen LogP contribution < -0.4 is 16.2 Å². The molecule has 0 aliphatic rings. The Labute approximate surface area is 174 Å². The van der Waals surface area contributed by atoms with Crippen LogP contribution in [-0.2, 0) is 11.3 Å². The van der Waals surface area contributed by atoms with Crippen molar-refractivity contribution in [2.45, 2.75) is 33.2 Å². The smallest absolute Gasteiger partial charge is 0.305 e. The Bertz CT molecular complexity index is 847. The van der Waals surface area contributed by atoms with E-state index in [4.69, 9.17) is 4.42 Å². The fourth-order valence-electron chi connectivity index (χ4n) is 2.66. The molecule has 0 unspecified atom stereocenters. The maximum Gasteiger partial charge on any atom is 0.305 e. The van der Waals surface area contributed by atoms with Crippen LogP contribution in [0, 0.1) is 5.82 Å². The van der Waals surface area contributed by atoms with Crippen molar-refractivity contribution in [2.75, 3.05) is 19.6 Å². The normalized spacial score (nSPS) is 10.7. The van der Waals surface area contributed by atoms with Crippen LogP contribution in [0.4, 0.5) is 4.39 Å². The number of carbonyl (C=O) groups is 3. The van der Waals surface area contributed by atoms with Crippen LogP contribution in [0.3, 0.4) is 0 Å². The van der Waals surface area contributed by atoms with Gasteiger partial charge >= 0.3 is 5.91 Å². The van der Waals surface area contributed by atoms with Gasteiger partial charge < -0.3 is 9.73 Å². The van der Waals surface area contributed by atoms with Crippen molar-refractivity contribution in [3.05, 3.63) is 59.3 Å². The van der Waals surface area contributed by atoms with E-state index < -0.39 is 17.6 Å². The monoisotopic (exact) mass is 418 g/mol. The molecule has 0 aliphatic carbocycles. The molecule has 162 valence electrons. The molecule has 1 aromatic heterocycles. The zero-order valence-corrected chi connectivity index (χ0v) is 17.2. The lowest BCUT2D eigenvalue weighted by Gasteiger charge is -2.15. The average Bonchev–Trinajstić information content (AvgIpc) is 3.22. The van der Waals surface area contributed by atoms with Gasteiger partial charge in [-0.3, -0.25) is 30.1 Å². The molecule has 1 aromatic carbocycles. The lowest BCUT2D eigenvalue weighted by molar-refractivity contribution is -0.121. The van der Waals surface area contributed by atoms with E-state index in [0.29, 0.717) is 24.3 Å². The van der Waals surface area contributed by atoms with E-state index in [-0.39, 0.29) is 24.6 Å². The van der Waals surface area contributed by atoms with Gasteiger partial charge in [0.2, 0.25) is 5.91 Å². The highest BCUT2D eigenvalue weighted by Gasteiger charge is 2.13. The van der Waals surface area contributed by atoms with Crippen LogP contribution in [0.2, 0.25) is 0 Å². The number of rotatable bonds is 10. The summed E-state index contributed by atoms with van der Waals surface area (Å²) in [7, 11) is 0. The fourth-order valence-corrected chi connectivity index (χ4v) is 2.66. The van der Waals surface area contributed by atoms with Crippen LogP contribution in [0.1, 0.15) is 53.4 Å². The molecule has 0 atom stereocenters. The van der Waals surface area contributed by atoms with Gasteiger partial charge in [0.05, 0.1) is 6.54 Å². The molecule has 0 radical (unpaired) electrons. The van der Waals surface area contributed by atoms with Gasteiger partial charge in [0, 0.05) is 18.5 Å². The lowest BCUT2D eigenvalue weighted by Crippen LogP contribution is -2.41.